The van der Waals surface area contributed by atoms with Gasteiger partial charge in [-0.1, -0.05) is 121 Å². The van der Waals surface area contributed by atoms with Crippen LogP contribution >= 0.6 is 0 Å². The average Bonchev–Trinajstić information content (AvgIpc) is 1.62. The van der Waals surface area contributed by atoms with Crippen molar-refractivity contribution < 1.29 is 38.6 Å². The van der Waals surface area contributed by atoms with Crippen LogP contribution < -0.4 is 0 Å². The molecule has 7 aliphatic rings. The molecule has 99 heavy (non-hydrogen) atoms. The van der Waals surface area contributed by atoms with Crippen LogP contribution in [0.2, 0.25) is 0 Å². The fourth-order valence-corrected chi connectivity index (χ4v) is 12.3. The molecule has 0 spiro atoms. The first-order valence-electron chi connectivity index (χ1n) is 31.0. The van der Waals surface area contributed by atoms with Gasteiger partial charge >= 0.3 is 0 Å². The number of carbonyl (C=O) groups excluding carboxylic acids is 5. The Morgan fingerprint density at radius 1 is 0.313 bits per heavy atom. The number of ether oxygens (including phenoxy) is 2. The number of carbonyl (C=O) groups is 5. The number of benzene rings is 5. The standard InChI is InChI=1S/2C14H9N5O.2C13H9N5O2.C12H7N5O2/c20-12-9-4-2-1-3-8(9)10-11(12)15-14-17-16-13(7-5-6-7)19(14)18-10;20-12-9-4-2-1-3-8(9)10-11(12)18-19-13(7-5-6-7)16-17-14(19)15-10;1-20-6-9-15-16-13-14-11-10(17-18(9)13)7-4-2-3-5-8(7)12(11)19;1-20-6-9-15-16-13-14-10-7-4-2-3-5-8(7)12(19)11(10)17-18(9)13;18-5-8-14-15-12-13-10-9(16-17(8)12)6-3-1-2-4-7(6)11(10)19/h2*1-4,7H,5-6H2;2*2-5H,6H2,1H3;1-4,18H,5H2. The second kappa shape index (κ2) is 22.7. The maximum absolute atomic E-state index is 12.4. The lowest BCUT2D eigenvalue weighted by molar-refractivity contribution is 0.103. The summed E-state index contributed by atoms with van der Waals surface area (Å²) >= 11 is 0. The van der Waals surface area contributed by atoms with E-state index in [1.807, 2.05) is 97.1 Å². The third kappa shape index (κ3) is 9.37. The number of aliphatic hydroxyl groups is 1. The summed E-state index contributed by atoms with van der Waals surface area (Å²) in [5.41, 5.74) is 11.8. The lowest BCUT2D eigenvalue weighted by Gasteiger charge is -2.00. The van der Waals surface area contributed by atoms with Gasteiger partial charge in [-0.05, 0) is 25.7 Å². The lowest BCUT2D eigenvalue weighted by Crippen LogP contribution is -2.08. The van der Waals surface area contributed by atoms with Gasteiger partial charge in [0.05, 0.1) is 0 Å². The normalized spacial score (nSPS) is 14.3. The van der Waals surface area contributed by atoms with Crippen molar-refractivity contribution in [3.05, 3.63) is 207 Å². The molecule has 33 nitrogen and oxygen atoms in total. The maximum Gasteiger partial charge on any atom is 0.272 e. The first kappa shape index (κ1) is 58.3. The van der Waals surface area contributed by atoms with E-state index in [0.717, 1.165) is 65.1 Å². The van der Waals surface area contributed by atoms with Crippen molar-refractivity contribution >= 4 is 57.8 Å². The Labute approximate surface area is 552 Å². The first-order chi connectivity index (χ1) is 48.5. The van der Waals surface area contributed by atoms with Gasteiger partial charge in [0.25, 0.3) is 28.9 Å². The van der Waals surface area contributed by atoms with Gasteiger partial charge in [0.15, 0.2) is 40.5 Å². The van der Waals surface area contributed by atoms with Crippen LogP contribution in [-0.4, -0.2) is 172 Å². The van der Waals surface area contributed by atoms with Crippen LogP contribution in [0.15, 0.2) is 121 Å². The molecule has 22 rings (SSSR count). The van der Waals surface area contributed by atoms with Gasteiger partial charge in [-0.2, -0.15) is 48.1 Å². The fourth-order valence-electron chi connectivity index (χ4n) is 12.3. The Bertz CT molecular complexity index is 6030. The highest BCUT2D eigenvalue weighted by atomic mass is 16.5. The van der Waals surface area contributed by atoms with E-state index in [0.29, 0.717) is 131 Å². The van der Waals surface area contributed by atoms with E-state index in [-0.39, 0.29) is 60.2 Å². The van der Waals surface area contributed by atoms with Gasteiger partial charge in [0.2, 0.25) is 28.9 Å². The molecule has 0 radical (unpaired) electrons. The third-order valence-corrected chi connectivity index (χ3v) is 17.3. The van der Waals surface area contributed by atoms with E-state index in [1.54, 1.807) is 47.5 Å². The molecule has 0 aliphatic heterocycles. The van der Waals surface area contributed by atoms with Gasteiger partial charge < -0.3 is 14.6 Å². The van der Waals surface area contributed by atoms with Crippen molar-refractivity contribution in [3.63, 3.8) is 0 Å². The zero-order valence-electron chi connectivity index (χ0n) is 51.6. The molecule has 2 fully saturated rings. The van der Waals surface area contributed by atoms with Crippen molar-refractivity contribution in [1.29, 1.82) is 0 Å². The number of methoxy groups -OCH3 is 2. The Hall–Kier alpha value is -13.3. The number of aromatic nitrogens is 25. The molecule has 10 aromatic heterocycles. The Kier molecular flexibility index (Phi) is 13.4. The minimum Gasteiger partial charge on any atom is -0.388 e. The van der Waals surface area contributed by atoms with Crippen LogP contribution in [0.5, 0.6) is 0 Å². The topological polar surface area (TPSA) is 404 Å². The van der Waals surface area contributed by atoms with Crippen LogP contribution in [-0.2, 0) is 29.3 Å². The number of fused-ring (bicyclic) bond motifs is 20. The number of aliphatic hydroxyl groups excluding tert-OH is 1. The zero-order valence-corrected chi connectivity index (χ0v) is 51.6. The molecule has 5 aromatic carbocycles. The summed E-state index contributed by atoms with van der Waals surface area (Å²) in [7, 11) is 3.13. The van der Waals surface area contributed by atoms with Crippen LogP contribution in [0.25, 0.3) is 85.2 Å². The average molecular weight is 1310 g/mol. The van der Waals surface area contributed by atoms with Crippen molar-refractivity contribution in [1.82, 2.24) is 124 Å². The van der Waals surface area contributed by atoms with Crippen LogP contribution in [0.1, 0.15) is 147 Å². The van der Waals surface area contributed by atoms with Gasteiger partial charge in [0, 0.05) is 81.7 Å². The van der Waals surface area contributed by atoms with E-state index in [2.05, 4.69) is 101 Å². The summed E-state index contributed by atoms with van der Waals surface area (Å²) in [6.45, 7) is 0.254. The minimum absolute atomic E-state index is 0.0690. The van der Waals surface area contributed by atoms with E-state index in [4.69, 9.17) is 14.6 Å². The number of hydrogen-bond donors (Lipinski definition) is 1. The summed E-state index contributed by atoms with van der Waals surface area (Å²) in [4.78, 5) is 83.2. The largest absolute Gasteiger partial charge is 0.388 e. The quantitative estimate of drug-likeness (QED) is 0.214. The van der Waals surface area contributed by atoms with E-state index in [9.17, 15) is 24.0 Å². The number of rotatable bonds is 7. The van der Waals surface area contributed by atoms with Gasteiger partial charge in [-0.3, -0.25) is 24.0 Å². The fraction of sp³-hybridized carbons (Fsp3) is 0.167. The lowest BCUT2D eigenvalue weighted by atomic mass is 10.1. The molecule has 0 amide bonds. The Balaban J connectivity index is 0.0000000894. The number of nitrogens with zero attached hydrogens (tertiary/aromatic N) is 25. The molecular weight excluding hydrogens is 1270 g/mol. The second-order valence-corrected chi connectivity index (χ2v) is 23.5. The van der Waals surface area contributed by atoms with Crippen molar-refractivity contribution in [2.24, 2.45) is 0 Å². The first-order valence-corrected chi connectivity index (χ1v) is 31.0. The highest BCUT2D eigenvalue weighted by molar-refractivity contribution is 6.22. The van der Waals surface area contributed by atoms with Gasteiger partial charge in [-0.15, -0.1) is 51.0 Å². The van der Waals surface area contributed by atoms with E-state index >= 15 is 0 Å². The molecular formula is C66H43N25O8. The smallest absolute Gasteiger partial charge is 0.272 e. The summed E-state index contributed by atoms with van der Waals surface area (Å²) < 4.78 is 17.7. The molecule has 15 aromatic rings. The zero-order chi connectivity index (χ0) is 66.9. The molecule has 0 bridgehead atoms. The molecule has 0 atom stereocenters. The Morgan fingerprint density at radius 3 is 0.899 bits per heavy atom. The van der Waals surface area contributed by atoms with Crippen LogP contribution in [0.3, 0.4) is 0 Å². The molecule has 33 heteroatoms. The summed E-state index contributed by atoms with van der Waals surface area (Å²) in [5.74, 6) is 5.08. The second-order valence-electron chi connectivity index (χ2n) is 23.5. The summed E-state index contributed by atoms with van der Waals surface area (Å²) in [6.07, 6.45) is 4.45. The molecule has 480 valence electrons. The molecule has 0 saturated heterocycles. The highest BCUT2D eigenvalue weighted by Gasteiger charge is 2.38. The van der Waals surface area contributed by atoms with Crippen molar-refractivity contribution in [2.45, 2.75) is 57.3 Å². The molecule has 1 N–H and O–H groups in total. The van der Waals surface area contributed by atoms with Crippen LogP contribution in [0.4, 0.5) is 0 Å². The monoisotopic (exact) mass is 1310 g/mol. The van der Waals surface area contributed by atoms with Crippen molar-refractivity contribution in [2.75, 3.05) is 14.2 Å². The van der Waals surface area contributed by atoms with Crippen molar-refractivity contribution in [3.8, 4) is 56.3 Å². The summed E-state index contributed by atoms with van der Waals surface area (Å²) in [6, 6.07) is 36.8. The number of hydrogen-bond acceptors (Lipinski definition) is 28. The molecule has 7 aliphatic carbocycles. The van der Waals surface area contributed by atoms with E-state index in [1.165, 1.54) is 13.5 Å². The predicted molar refractivity (Wildman–Crippen MR) is 339 cm³/mol. The van der Waals surface area contributed by atoms with E-state index < -0.39 is 0 Å². The maximum atomic E-state index is 12.4. The summed E-state index contributed by atoms with van der Waals surface area (Å²) in [5, 5.41) is 71.1. The molecule has 2 saturated carbocycles. The molecule has 0 unspecified atom stereocenters. The highest BCUT2D eigenvalue weighted by Crippen LogP contribution is 2.42. The number of ketones is 5. The van der Waals surface area contributed by atoms with Crippen LogP contribution in [0, 0.1) is 0 Å². The minimum atomic E-state index is -0.287. The third-order valence-electron chi connectivity index (χ3n) is 17.3. The van der Waals surface area contributed by atoms with Gasteiger partial charge in [0.1, 0.15) is 65.4 Å². The predicted octanol–water partition coefficient (Wildman–Crippen LogP) is 5.19. The molecule has 10 heterocycles. The Morgan fingerprint density at radius 2 is 0.566 bits per heavy atom. The SMILES string of the molecule is COCc1nnc2nc3c(nn12)-c1ccccc1C3=O.COCc1nnc2nc3c(nn12)C(=O)c1ccccc1-3.O=C1c2ccccc2-c2nc3nnc(C4CC4)n3nc21.O=C1c2ccccc2-c2nn3c(C4CC4)nnc3nc21.O=C1c2ccccc2-c2nn3c(CO)nnc3nc21. The van der Waals surface area contributed by atoms with Gasteiger partial charge in [-0.25, -0.2) is 24.9 Å².